The number of carbonyl (C=O) groups is 1. The lowest BCUT2D eigenvalue weighted by molar-refractivity contribution is -0.0196. The van der Waals surface area contributed by atoms with E-state index in [-0.39, 0.29) is 12.0 Å². The van der Waals surface area contributed by atoms with Crippen LogP contribution in [0.3, 0.4) is 0 Å². The number of carbonyl (C=O) groups excluding carboxylic acids is 1. The molecule has 0 aliphatic carbocycles. The molecule has 0 radical (unpaired) electrons. The fourth-order valence-corrected chi connectivity index (χ4v) is 1.99. The summed E-state index contributed by atoms with van der Waals surface area (Å²) in [7, 11) is 1.88. The average molecular weight is 238 g/mol. The van der Waals surface area contributed by atoms with Gasteiger partial charge in [-0.2, -0.15) is 0 Å². The highest BCUT2D eigenvalue weighted by molar-refractivity contribution is 5.94. The first-order valence-corrected chi connectivity index (χ1v) is 5.81. The molecule has 1 aliphatic heterocycles. The Morgan fingerprint density at radius 3 is 3.12 bits per heavy atom. The van der Waals surface area contributed by atoms with E-state index in [0.29, 0.717) is 25.3 Å². The third kappa shape index (κ3) is 2.87. The molecule has 2 heterocycles. The molecule has 1 aromatic rings. The Hall–Kier alpha value is -1.33. The van der Waals surface area contributed by atoms with Crippen molar-refractivity contribution in [3.63, 3.8) is 0 Å². The first-order chi connectivity index (χ1) is 8.20. The molecule has 5 nitrogen and oxygen atoms in total. The lowest BCUT2D eigenvalue weighted by atomic mass is 10.2. The van der Waals surface area contributed by atoms with E-state index in [0.717, 1.165) is 12.3 Å². The number of aryl methyl sites for hydroxylation is 1. The Labute approximate surface area is 101 Å². The summed E-state index contributed by atoms with van der Waals surface area (Å²) in [6, 6.07) is 1.77. The number of likely N-dealkylation sites (N-methyl/N-ethyl adjacent to an activating group) is 1. The minimum Gasteiger partial charge on any atom is -0.469 e. The third-order valence-electron chi connectivity index (χ3n) is 2.84. The second-order valence-corrected chi connectivity index (χ2v) is 4.25. The Morgan fingerprint density at radius 2 is 2.47 bits per heavy atom. The topological polar surface area (TPSA) is 54.7 Å². The number of hydrogen-bond donors (Lipinski definition) is 1. The molecule has 94 valence electrons. The molecule has 0 aromatic carbocycles. The van der Waals surface area contributed by atoms with Gasteiger partial charge in [-0.1, -0.05) is 0 Å². The van der Waals surface area contributed by atoms with Gasteiger partial charge in [-0.15, -0.1) is 0 Å². The number of morpholine rings is 1. The molecule has 17 heavy (non-hydrogen) atoms. The molecule has 1 N–H and O–H groups in total. The van der Waals surface area contributed by atoms with Crippen molar-refractivity contribution in [3.05, 3.63) is 23.7 Å². The molecule has 0 saturated carbocycles. The maximum Gasteiger partial charge on any atom is 0.257 e. The van der Waals surface area contributed by atoms with E-state index in [1.807, 2.05) is 18.9 Å². The van der Waals surface area contributed by atoms with Crippen LogP contribution in [-0.4, -0.2) is 50.2 Å². The number of ether oxygens (including phenoxy) is 1. The zero-order valence-electron chi connectivity index (χ0n) is 10.2. The fraction of sp³-hybridized carbons (Fsp3) is 0.583. The van der Waals surface area contributed by atoms with Crippen LogP contribution < -0.4 is 5.32 Å². The number of amides is 1. The molecule has 1 unspecified atom stereocenters. The Bertz CT molecular complexity index is 387. The highest BCUT2D eigenvalue weighted by atomic mass is 16.5. The zero-order valence-corrected chi connectivity index (χ0v) is 10.2. The normalized spacial score (nSPS) is 20.6. The second-order valence-electron chi connectivity index (χ2n) is 4.25. The van der Waals surface area contributed by atoms with Gasteiger partial charge in [0.1, 0.15) is 12.0 Å². The molecule has 5 heteroatoms. The molecule has 1 saturated heterocycles. The molecule has 1 atom stereocenters. The highest BCUT2D eigenvalue weighted by Gasteiger charge is 2.25. The smallest absolute Gasteiger partial charge is 0.257 e. The van der Waals surface area contributed by atoms with Crippen LogP contribution >= 0.6 is 0 Å². The zero-order chi connectivity index (χ0) is 12.3. The molecule has 0 spiro atoms. The van der Waals surface area contributed by atoms with Gasteiger partial charge in [-0.05, 0) is 20.0 Å². The summed E-state index contributed by atoms with van der Waals surface area (Å²) in [6.07, 6.45) is 1.59. The second kappa shape index (κ2) is 5.33. The largest absolute Gasteiger partial charge is 0.469 e. The van der Waals surface area contributed by atoms with Gasteiger partial charge in [0.2, 0.25) is 0 Å². The Balaban J connectivity index is 1.99. The van der Waals surface area contributed by atoms with Gasteiger partial charge in [-0.3, -0.25) is 4.79 Å². The van der Waals surface area contributed by atoms with Crippen LogP contribution in [0.5, 0.6) is 0 Å². The van der Waals surface area contributed by atoms with Crippen molar-refractivity contribution >= 4 is 5.91 Å². The number of furan rings is 1. The van der Waals surface area contributed by atoms with Crippen LogP contribution in [0.2, 0.25) is 0 Å². The quantitative estimate of drug-likeness (QED) is 0.840. The lowest BCUT2D eigenvalue weighted by Gasteiger charge is -2.32. The Morgan fingerprint density at radius 1 is 1.65 bits per heavy atom. The monoisotopic (exact) mass is 238 g/mol. The van der Waals surface area contributed by atoms with Crippen molar-refractivity contribution in [1.82, 2.24) is 10.2 Å². The molecular weight excluding hydrogens is 220 g/mol. The summed E-state index contributed by atoms with van der Waals surface area (Å²) in [5.74, 6) is 0.777. The van der Waals surface area contributed by atoms with Crippen molar-refractivity contribution in [3.8, 4) is 0 Å². The van der Waals surface area contributed by atoms with E-state index in [1.54, 1.807) is 6.07 Å². The summed E-state index contributed by atoms with van der Waals surface area (Å²) in [5, 5.41) is 3.06. The summed E-state index contributed by atoms with van der Waals surface area (Å²) < 4.78 is 10.7. The van der Waals surface area contributed by atoms with Crippen LogP contribution in [0.25, 0.3) is 0 Å². The van der Waals surface area contributed by atoms with E-state index in [4.69, 9.17) is 9.15 Å². The first-order valence-electron chi connectivity index (χ1n) is 5.81. The molecule has 1 fully saturated rings. The van der Waals surface area contributed by atoms with E-state index in [9.17, 15) is 4.79 Å². The summed E-state index contributed by atoms with van der Waals surface area (Å²) in [6.45, 7) is 4.45. The van der Waals surface area contributed by atoms with Crippen LogP contribution in [0.4, 0.5) is 0 Å². The molecular formula is C12H18N2O3. The van der Waals surface area contributed by atoms with Crippen molar-refractivity contribution in [2.75, 3.05) is 33.3 Å². The van der Waals surface area contributed by atoms with Gasteiger partial charge in [0, 0.05) is 19.6 Å². The average Bonchev–Trinajstić information content (AvgIpc) is 2.76. The van der Waals surface area contributed by atoms with Crippen molar-refractivity contribution < 1.29 is 13.9 Å². The first kappa shape index (κ1) is 12.1. The minimum atomic E-state index is 0.0197. The molecule has 0 bridgehead atoms. The SMILES string of the molecule is CNCC1CN(C(=O)c2coc(C)c2)CCO1. The van der Waals surface area contributed by atoms with Crippen LogP contribution in [-0.2, 0) is 4.74 Å². The van der Waals surface area contributed by atoms with Gasteiger partial charge in [0.05, 0.1) is 18.3 Å². The van der Waals surface area contributed by atoms with Gasteiger partial charge >= 0.3 is 0 Å². The number of nitrogens with zero attached hydrogens (tertiary/aromatic N) is 1. The van der Waals surface area contributed by atoms with E-state index in [1.165, 1.54) is 6.26 Å². The van der Waals surface area contributed by atoms with Gasteiger partial charge in [0.15, 0.2) is 0 Å². The van der Waals surface area contributed by atoms with Crippen LogP contribution in [0, 0.1) is 6.92 Å². The Kier molecular flexibility index (Phi) is 3.81. The maximum absolute atomic E-state index is 12.2. The standard InChI is InChI=1S/C12H18N2O3/c1-9-5-10(8-17-9)12(15)14-3-4-16-11(7-14)6-13-2/h5,8,11,13H,3-4,6-7H2,1-2H3. The van der Waals surface area contributed by atoms with Gasteiger partial charge in [-0.25, -0.2) is 0 Å². The predicted molar refractivity (Wildman–Crippen MR) is 63.0 cm³/mol. The summed E-state index contributed by atoms with van der Waals surface area (Å²) in [5.41, 5.74) is 0.618. The molecule has 2 rings (SSSR count). The molecule has 1 amide bonds. The van der Waals surface area contributed by atoms with E-state index < -0.39 is 0 Å². The lowest BCUT2D eigenvalue weighted by Crippen LogP contribution is -2.48. The maximum atomic E-state index is 12.2. The van der Waals surface area contributed by atoms with E-state index >= 15 is 0 Å². The molecule has 1 aromatic heterocycles. The molecule has 1 aliphatic rings. The van der Waals surface area contributed by atoms with Crippen molar-refractivity contribution in [1.29, 1.82) is 0 Å². The summed E-state index contributed by atoms with van der Waals surface area (Å²) in [4.78, 5) is 14.0. The van der Waals surface area contributed by atoms with E-state index in [2.05, 4.69) is 5.32 Å². The van der Waals surface area contributed by atoms with Crippen LogP contribution in [0.1, 0.15) is 16.1 Å². The van der Waals surface area contributed by atoms with Crippen molar-refractivity contribution in [2.24, 2.45) is 0 Å². The van der Waals surface area contributed by atoms with Crippen molar-refractivity contribution in [2.45, 2.75) is 13.0 Å². The van der Waals surface area contributed by atoms with Crippen LogP contribution in [0.15, 0.2) is 16.7 Å². The minimum absolute atomic E-state index is 0.0197. The fourth-order valence-electron chi connectivity index (χ4n) is 1.99. The van der Waals surface area contributed by atoms with Gasteiger partial charge < -0.3 is 19.4 Å². The van der Waals surface area contributed by atoms with Gasteiger partial charge in [0.25, 0.3) is 5.91 Å². The summed E-state index contributed by atoms with van der Waals surface area (Å²) >= 11 is 0. The highest BCUT2D eigenvalue weighted by Crippen LogP contribution is 2.13. The third-order valence-corrected chi connectivity index (χ3v) is 2.84. The number of nitrogens with one attached hydrogen (secondary N) is 1. The number of rotatable bonds is 3. The predicted octanol–water partition coefficient (Wildman–Crippen LogP) is 0.648. The number of hydrogen-bond acceptors (Lipinski definition) is 4.